The Morgan fingerprint density at radius 1 is 1.28 bits per heavy atom. The lowest BCUT2D eigenvalue weighted by atomic mass is 10.2. The molecular weight excluding hydrogens is 252 g/mol. The van der Waals surface area contributed by atoms with Gasteiger partial charge in [0.25, 0.3) is 0 Å². The SMILES string of the molecule is CC(C)S(=O)(=O)Nc1cc(-c2ccncc2)[nH]n1. The number of pyridine rings is 1. The third kappa shape index (κ3) is 2.67. The lowest BCUT2D eigenvalue weighted by Gasteiger charge is -2.07. The van der Waals surface area contributed by atoms with Gasteiger partial charge >= 0.3 is 0 Å². The number of rotatable bonds is 4. The quantitative estimate of drug-likeness (QED) is 0.880. The molecule has 0 aliphatic carbocycles. The van der Waals surface area contributed by atoms with Crippen LogP contribution in [0.1, 0.15) is 13.8 Å². The molecule has 0 spiro atoms. The third-order valence-electron chi connectivity index (χ3n) is 2.44. The highest BCUT2D eigenvalue weighted by Gasteiger charge is 2.17. The van der Waals surface area contributed by atoms with Crippen molar-refractivity contribution in [1.82, 2.24) is 15.2 Å². The van der Waals surface area contributed by atoms with Crippen molar-refractivity contribution in [3.8, 4) is 11.3 Å². The summed E-state index contributed by atoms with van der Waals surface area (Å²) in [5.41, 5.74) is 1.63. The second kappa shape index (κ2) is 4.77. The molecule has 0 saturated carbocycles. The van der Waals surface area contributed by atoms with E-state index in [1.54, 1.807) is 32.3 Å². The molecule has 0 aromatic carbocycles. The van der Waals surface area contributed by atoms with Crippen molar-refractivity contribution >= 4 is 15.8 Å². The summed E-state index contributed by atoms with van der Waals surface area (Å²) in [6, 6.07) is 5.28. The van der Waals surface area contributed by atoms with Crippen LogP contribution >= 0.6 is 0 Å². The van der Waals surface area contributed by atoms with Gasteiger partial charge in [-0.1, -0.05) is 0 Å². The van der Waals surface area contributed by atoms with Crippen LogP contribution in [0.3, 0.4) is 0 Å². The van der Waals surface area contributed by atoms with E-state index in [0.29, 0.717) is 0 Å². The molecule has 2 aromatic heterocycles. The number of aromatic nitrogens is 3. The van der Waals surface area contributed by atoms with Crippen molar-refractivity contribution in [3.05, 3.63) is 30.6 Å². The van der Waals surface area contributed by atoms with Crippen LogP contribution in [0.4, 0.5) is 5.82 Å². The first kappa shape index (κ1) is 12.6. The number of sulfonamides is 1. The first-order chi connectivity index (χ1) is 8.49. The fourth-order valence-electron chi connectivity index (χ4n) is 1.32. The van der Waals surface area contributed by atoms with Crippen LogP contribution in [0.15, 0.2) is 30.6 Å². The lowest BCUT2D eigenvalue weighted by molar-refractivity contribution is 0.592. The van der Waals surface area contributed by atoms with Crippen molar-refractivity contribution in [2.24, 2.45) is 0 Å². The molecule has 18 heavy (non-hydrogen) atoms. The van der Waals surface area contributed by atoms with E-state index in [9.17, 15) is 8.42 Å². The predicted molar refractivity (Wildman–Crippen MR) is 69.5 cm³/mol. The molecule has 2 aromatic rings. The summed E-state index contributed by atoms with van der Waals surface area (Å²) in [7, 11) is -3.36. The average molecular weight is 266 g/mol. The maximum Gasteiger partial charge on any atom is 0.236 e. The first-order valence-electron chi connectivity index (χ1n) is 5.46. The molecule has 0 bridgehead atoms. The van der Waals surface area contributed by atoms with Crippen molar-refractivity contribution in [1.29, 1.82) is 0 Å². The molecule has 0 saturated heterocycles. The minimum absolute atomic E-state index is 0.288. The fraction of sp³-hybridized carbons (Fsp3) is 0.273. The van der Waals surface area contributed by atoms with Gasteiger partial charge in [-0.25, -0.2) is 8.42 Å². The zero-order chi connectivity index (χ0) is 13.2. The largest absolute Gasteiger partial charge is 0.276 e. The molecule has 2 heterocycles. The number of H-pyrrole nitrogens is 1. The maximum absolute atomic E-state index is 11.7. The van der Waals surface area contributed by atoms with Crippen molar-refractivity contribution in [3.63, 3.8) is 0 Å². The summed E-state index contributed by atoms with van der Waals surface area (Å²) in [6.45, 7) is 3.22. The van der Waals surface area contributed by atoms with Crippen LogP contribution < -0.4 is 4.72 Å². The molecule has 0 atom stereocenters. The molecule has 2 N–H and O–H groups in total. The Labute approximate surface area is 106 Å². The van der Waals surface area contributed by atoms with E-state index in [1.165, 1.54) is 0 Å². The van der Waals surface area contributed by atoms with E-state index in [4.69, 9.17) is 0 Å². The van der Waals surface area contributed by atoms with Gasteiger partial charge in [0.15, 0.2) is 5.82 Å². The van der Waals surface area contributed by atoms with Crippen molar-refractivity contribution in [2.75, 3.05) is 4.72 Å². The van der Waals surface area contributed by atoms with Gasteiger partial charge < -0.3 is 0 Å². The Kier molecular flexibility index (Phi) is 3.33. The second-order valence-corrected chi connectivity index (χ2v) is 6.34. The third-order valence-corrected chi connectivity index (χ3v) is 4.17. The summed E-state index contributed by atoms with van der Waals surface area (Å²) in [5, 5.41) is 6.20. The molecule has 0 amide bonds. The van der Waals surface area contributed by atoms with Crippen LogP contribution in [0.5, 0.6) is 0 Å². The molecular formula is C11H14N4O2S. The highest BCUT2D eigenvalue weighted by Crippen LogP contribution is 2.19. The second-order valence-electron chi connectivity index (χ2n) is 4.10. The Morgan fingerprint density at radius 3 is 2.56 bits per heavy atom. The number of nitrogens with one attached hydrogen (secondary N) is 2. The lowest BCUT2D eigenvalue weighted by Crippen LogP contribution is -2.22. The summed E-state index contributed by atoms with van der Waals surface area (Å²) < 4.78 is 25.8. The summed E-state index contributed by atoms with van der Waals surface area (Å²) >= 11 is 0. The Hall–Kier alpha value is -1.89. The molecule has 0 aliphatic heterocycles. The topological polar surface area (TPSA) is 87.7 Å². The van der Waals surface area contributed by atoms with E-state index >= 15 is 0 Å². The Bertz CT molecular complexity index is 620. The summed E-state index contributed by atoms with van der Waals surface area (Å²) in [5.74, 6) is 0.288. The molecule has 0 aliphatic rings. The van der Waals surface area contributed by atoms with Gasteiger partial charge in [0.05, 0.1) is 10.9 Å². The number of hydrogen-bond acceptors (Lipinski definition) is 4. The van der Waals surface area contributed by atoms with E-state index in [-0.39, 0.29) is 5.82 Å². The smallest absolute Gasteiger partial charge is 0.236 e. The molecule has 6 nitrogen and oxygen atoms in total. The Balaban J connectivity index is 2.22. The van der Waals surface area contributed by atoms with Crippen LogP contribution in [0.2, 0.25) is 0 Å². The molecule has 7 heteroatoms. The minimum Gasteiger partial charge on any atom is -0.276 e. The highest BCUT2D eigenvalue weighted by molar-refractivity contribution is 7.93. The minimum atomic E-state index is -3.36. The number of anilines is 1. The van der Waals surface area contributed by atoms with Gasteiger partial charge in [-0.3, -0.25) is 14.8 Å². The first-order valence-corrected chi connectivity index (χ1v) is 7.01. The van der Waals surface area contributed by atoms with Gasteiger partial charge in [-0.2, -0.15) is 5.10 Å². The van der Waals surface area contributed by atoms with Crippen molar-refractivity contribution < 1.29 is 8.42 Å². The molecule has 2 rings (SSSR count). The monoisotopic (exact) mass is 266 g/mol. The fourth-order valence-corrected chi connectivity index (χ4v) is 1.95. The molecule has 0 radical (unpaired) electrons. The molecule has 0 unspecified atom stereocenters. The number of hydrogen-bond donors (Lipinski definition) is 2. The van der Waals surface area contributed by atoms with Crippen LogP contribution in [0, 0.1) is 0 Å². The van der Waals surface area contributed by atoms with Gasteiger partial charge in [0.1, 0.15) is 0 Å². The van der Waals surface area contributed by atoms with E-state index in [0.717, 1.165) is 11.3 Å². The van der Waals surface area contributed by atoms with Gasteiger partial charge in [-0.15, -0.1) is 0 Å². The normalized spacial score (nSPS) is 11.7. The van der Waals surface area contributed by atoms with E-state index in [2.05, 4.69) is 19.9 Å². The summed E-state index contributed by atoms with van der Waals surface area (Å²) in [6.07, 6.45) is 3.32. The van der Waals surface area contributed by atoms with Crippen LogP contribution in [-0.2, 0) is 10.0 Å². The van der Waals surface area contributed by atoms with Crippen LogP contribution in [0.25, 0.3) is 11.3 Å². The molecule has 0 fully saturated rings. The maximum atomic E-state index is 11.7. The van der Waals surface area contributed by atoms with Crippen LogP contribution in [-0.4, -0.2) is 28.8 Å². The molecule has 96 valence electrons. The van der Waals surface area contributed by atoms with Gasteiger partial charge in [0.2, 0.25) is 10.0 Å². The number of aromatic amines is 1. The van der Waals surface area contributed by atoms with E-state index < -0.39 is 15.3 Å². The van der Waals surface area contributed by atoms with Gasteiger partial charge in [-0.05, 0) is 26.0 Å². The predicted octanol–water partition coefficient (Wildman–Crippen LogP) is 1.62. The number of nitrogens with zero attached hydrogens (tertiary/aromatic N) is 2. The summed E-state index contributed by atoms with van der Waals surface area (Å²) in [4.78, 5) is 3.91. The van der Waals surface area contributed by atoms with Crippen molar-refractivity contribution in [2.45, 2.75) is 19.1 Å². The standard InChI is InChI=1S/C11H14N4O2S/c1-8(2)18(16,17)15-11-7-10(13-14-11)9-3-5-12-6-4-9/h3-8H,1-2H3,(H2,13,14,15). The Morgan fingerprint density at radius 2 is 1.94 bits per heavy atom. The average Bonchev–Trinajstić information content (AvgIpc) is 2.78. The zero-order valence-corrected chi connectivity index (χ0v) is 10.9. The highest BCUT2D eigenvalue weighted by atomic mass is 32.2. The van der Waals surface area contributed by atoms with E-state index in [1.807, 2.05) is 12.1 Å². The zero-order valence-electron chi connectivity index (χ0n) is 10.1. The van der Waals surface area contributed by atoms with Gasteiger partial charge in [0, 0.05) is 24.0 Å².